The van der Waals surface area contributed by atoms with Crippen molar-refractivity contribution in [2.75, 3.05) is 0 Å². The third-order valence-electron chi connectivity index (χ3n) is 3.70. The molecule has 0 aliphatic rings. The van der Waals surface area contributed by atoms with Gasteiger partial charge in [-0.15, -0.1) is 0 Å². The van der Waals surface area contributed by atoms with Crippen molar-refractivity contribution >= 4 is 33.5 Å². The third-order valence-corrected chi connectivity index (χ3v) is 5.44. The van der Waals surface area contributed by atoms with Crippen LogP contribution in [0.15, 0.2) is 59.5 Å². The molecule has 0 aromatic heterocycles. The molecule has 0 spiro atoms. The molecule has 1 amide bonds. The Bertz CT molecular complexity index is 901. The maximum absolute atomic E-state index is 12.6. The second kappa shape index (κ2) is 8.98. The summed E-state index contributed by atoms with van der Waals surface area (Å²) in [5.41, 5.74) is 5.59. The number of amides is 1. The van der Waals surface area contributed by atoms with E-state index in [0.717, 1.165) is 0 Å². The minimum absolute atomic E-state index is 0.0582. The fraction of sp³-hybridized carbons (Fsp3) is 0.222. The monoisotopic (exact) mass is 410 g/mol. The number of benzene rings is 2. The normalized spacial score (nSPS) is 13.6. The SMILES string of the molecule is C[C@H](OC(=O)C[C@@H](NS(=O)(=O)c1ccccc1)c1ccc(Cl)cc1)C(N)=O. The largest absolute Gasteiger partial charge is 0.452 e. The number of primary amides is 1. The van der Waals surface area contributed by atoms with Gasteiger partial charge in [-0.05, 0) is 36.8 Å². The van der Waals surface area contributed by atoms with E-state index in [4.69, 9.17) is 22.1 Å². The molecule has 2 aromatic rings. The molecule has 0 aliphatic carbocycles. The predicted molar refractivity (Wildman–Crippen MR) is 100 cm³/mol. The average Bonchev–Trinajstić information content (AvgIpc) is 2.62. The maximum atomic E-state index is 12.6. The first-order valence-electron chi connectivity index (χ1n) is 8.00. The fourth-order valence-electron chi connectivity index (χ4n) is 2.25. The van der Waals surface area contributed by atoms with E-state index >= 15 is 0 Å². The molecule has 2 aromatic carbocycles. The maximum Gasteiger partial charge on any atom is 0.308 e. The molecule has 2 rings (SSSR count). The van der Waals surface area contributed by atoms with Crippen molar-refractivity contribution in [1.29, 1.82) is 0 Å². The lowest BCUT2D eigenvalue weighted by molar-refractivity contribution is -0.154. The van der Waals surface area contributed by atoms with Crippen LogP contribution in [0.1, 0.15) is 24.9 Å². The number of hydrogen-bond donors (Lipinski definition) is 2. The first-order valence-corrected chi connectivity index (χ1v) is 9.87. The van der Waals surface area contributed by atoms with E-state index in [9.17, 15) is 18.0 Å². The highest BCUT2D eigenvalue weighted by Crippen LogP contribution is 2.23. The van der Waals surface area contributed by atoms with Gasteiger partial charge >= 0.3 is 5.97 Å². The van der Waals surface area contributed by atoms with Crippen molar-refractivity contribution in [3.05, 3.63) is 65.2 Å². The predicted octanol–water partition coefficient (Wildman–Crippen LogP) is 2.17. The minimum atomic E-state index is -3.89. The molecule has 27 heavy (non-hydrogen) atoms. The zero-order valence-corrected chi connectivity index (χ0v) is 16.0. The number of halogens is 1. The lowest BCUT2D eigenvalue weighted by Gasteiger charge is -2.19. The van der Waals surface area contributed by atoms with Gasteiger partial charge in [-0.25, -0.2) is 13.1 Å². The van der Waals surface area contributed by atoms with Crippen LogP contribution in [0.4, 0.5) is 0 Å². The summed E-state index contributed by atoms with van der Waals surface area (Å²) in [5.74, 6) is -1.56. The summed E-state index contributed by atoms with van der Waals surface area (Å²) in [7, 11) is -3.89. The first kappa shape index (κ1) is 20.9. The summed E-state index contributed by atoms with van der Waals surface area (Å²) in [6.45, 7) is 1.34. The molecule has 7 nitrogen and oxygen atoms in total. The number of sulfonamides is 1. The molecule has 0 saturated heterocycles. The number of hydrogen-bond acceptors (Lipinski definition) is 5. The van der Waals surface area contributed by atoms with E-state index in [1.54, 1.807) is 42.5 Å². The Morgan fingerprint density at radius 3 is 2.26 bits per heavy atom. The van der Waals surface area contributed by atoms with Gasteiger partial charge in [0.1, 0.15) is 0 Å². The van der Waals surface area contributed by atoms with Gasteiger partial charge in [0, 0.05) is 5.02 Å². The highest BCUT2D eigenvalue weighted by molar-refractivity contribution is 7.89. The molecule has 3 N–H and O–H groups in total. The molecule has 0 fully saturated rings. The van der Waals surface area contributed by atoms with E-state index < -0.39 is 34.0 Å². The summed E-state index contributed by atoms with van der Waals surface area (Å²) in [6.07, 6.45) is -1.44. The molecular formula is C18H19ClN2O5S. The second-order valence-electron chi connectivity index (χ2n) is 5.78. The zero-order valence-electron chi connectivity index (χ0n) is 14.5. The Hall–Kier alpha value is -2.42. The van der Waals surface area contributed by atoms with Crippen LogP contribution in [0.2, 0.25) is 5.02 Å². The molecule has 0 aliphatic heterocycles. The van der Waals surface area contributed by atoms with E-state index in [1.807, 2.05) is 0 Å². The number of rotatable bonds is 8. The number of carbonyl (C=O) groups is 2. The highest BCUT2D eigenvalue weighted by atomic mass is 35.5. The quantitative estimate of drug-likeness (QED) is 0.647. The van der Waals surface area contributed by atoms with Gasteiger partial charge in [-0.3, -0.25) is 9.59 Å². The van der Waals surface area contributed by atoms with Gasteiger partial charge in [0.05, 0.1) is 17.4 Å². The summed E-state index contributed by atoms with van der Waals surface area (Å²) < 4.78 is 32.7. The van der Waals surface area contributed by atoms with Crippen LogP contribution in [0.5, 0.6) is 0 Å². The Morgan fingerprint density at radius 2 is 1.70 bits per heavy atom. The van der Waals surface area contributed by atoms with Gasteiger partial charge in [-0.1, -0.05) is 41.9 Å². The van der Waals surface area contributed by atoms with Crippen LogP contribution < -0.4 is 10.5 Å². The van der Waals surface area contributed by atoms with Crippen LogP contribution in [0.25, 0.3) is 0 Å². The number of nitrogens with two attached hydrogens (primary N) is 1. The molecule has 0 heterocycles. The third kappa shape index (κ3) is 6.06. The van der Waals surface area contributed by atoms with Gasteiger partial charge in [0.2, 0.25) is 10.0 Å². The second-order valence-corrected chi connectivity index (χ2v) is 7.93. The summed E-state index contributed by atoms with van der Waals surface area (Å²) in [4.78, 5) is 23.3. The molecule has 0 bridgehead atoms. The molecule has 0 saturated carbocycles. The van der Waals surface area contributed by atoms with E-state index in [1.165, 1.54) is 19.1 Å². The molecule has 0 radical (unpaired) electrons. The van der Waals surface area contributed by atoms with Crippen LogP contribution in [0, 0.1) is 0 Å². The lowest BCUT2D eigenvalue weighted by atomic mass is 10.1. The van der Waals surface area contributed by atoms with Gasteiger partial charge < -0.3 is 10.5 Å². The Morgan fingerprint density at radius 1 is 1.11 bits per heavy atom. The van der Waals surface area contributed by atoms with Gasteiger partial charge in [-0.2, -0.15) is 0 Å². The van der Waals surface area contributed by atoms with Gasteiger partial charge in [0.25, 0.3) is 5.91 Å². The van der Waals surface area contributed by atoms with Crippen molar-refractivity contribution in [2.45, 2.75) is 30.4 Å². The summed E-state index contributed by atoms with van der Waals surface area (Å²) in [5, 5.41) is 0.466. The fourth-order valence-corrected chi connectivity index (χ4v) is 3.62. The Labute approximate surface area is 162 Å². The van der Waals surface area contributed by atoms with Crippen molar-refractivity contribution in [3.63, 3.8) is 0 Å². The highest BCUT2D eigenvalue weighted by Gasteiger charge is 2.25. The smallest absolute Gasteiger partial charge is 0.308 e. The number of ether oxygens (including phenoxy) is 1. The summed E-state index contributed by atoms with van der Waals surface area (Å²) >= 11 is 5.87. The van der Waals surface area contributed by atoms with Crippen LogP contribution in [-0.4, -0.2) is 26.4 Å². The van der Waals surface area contributed by atoms with Crippen molar-refractivity contribution in [2.24, 2.45) is 5.73 Å². The standard InChI is InChI=1S/C18H19ClN2O5S/c1-12(18(20)23)26-17(22)11-16(13-7-9-14(19)10-8-13)21-27(24,25)15-5-3-2-4-6-15/h2-10,12,16,21H,11H2,1H3,(H2,20,23)/t12-,16+/m0/s1. The Kier molecular flexibility index (Phi) is 6.95. The molecule has 9 heteroatoms. The molecule has 0 unspecified atom stereocenters. The zero-order chi connectivity index (χ0) is 20.0. The summed E-state index contributed by atoms with van der Waals surface area (Å²) in [6, 6.07) is 13.2. The number of esters is 1. The van der Waals surface area contributed by atoms with Gasteiger partial charge in [0.15, 0.2) is 6.10 Å². The molecule has 144 valence electrons. The van der Waals surface area contributed by atoms with Crippen LogP contribution in [-0.2, 0) is 24.3 Å². The Balaban J connectivity index is 2.26. The van der Waals surface area contributed by atoms with E-state index in [0.29, 0.717) is 10.6 Å². The minimum Gasteiger partial charge on any atom is -0.452 e. The molecular weight excluding hydrogens is 392 g/mol. The average molecular weight is 411 g/mol. The van der Waals surface area contributed by atoms with E-state index in [2.05, 4.69) is 4.72 Å². The number of nitrogens with one attached hydrogen (secondary N) is 1. The first-order chi connectivity index (χ1) is 12.7. The lowest BCUT2D eigenvalue weighted by Crippen LogP contribution is -2.34. The van der Waals surface area contributed by atoms with Crippen LogP contribution >= 0.6 is 11.6 Å². The van der Waals surface area contributed by atoms with Crippen LogP contribution in [0.3, 0.4) is 0 Å². The van der Waals surface area contributed by atoms with E-state index in [-0.39, 0.29) is 11.3 Å². The van der Waals surface area contributed by atoms with Crippen molar-refractivity contribution < 1.29 is 22.7 Å². The topological polar surface area (TPSA) is 116 Å². The van der Waals surface area contributed by atoms with Crippen molar-refractivity contribution in [1.82, 2.24) is 4.72 Å². The number of carbonyl (C=O) groups excluding carboxylic acids is 2. The molecule has 2 atom stereocenters. The van der Waals surface area contributed by atoms with Crippen molar-refractivity contribution in [3.8, 4) is 0 Å².